The Morgan fingerprint density at radius 1 is 1.32 bits per heavy atom. The maximum absolute atomic E-state index is 12.2. The summed E-state index contributed by atoms with van der Waals surface area (Å²) in [5.41, 5.74) is 6.75. The van der Waals surface area contributed by atoms with Crippen molar-refractivity contribution < 1.29 is 4.79 Å². The second-order valence-electron chi connectivity index (χ2n) is 8.07. The molecule has 2 aromatic carbocycles. The molecule has 0 saturated carbocycles. The number of hydrogen-bond acceptors (Lipinski definition) is 3. The van der Waals surface area contributed by atoms with Crippen LogP contribution in [0.2, 0.25) is 5.02 Å². The highest BCUT2D eigenvalue weighted by molar-refractivity contribution is 6.33. The molecule has 1 heterocycles. The van der Waals surface area contributed by atoms with Gasteiger partial charge in [-0.25, -0.2) is 5.43 Å². The number of carbonyl (C=O) groups is 1. The van der Waals surface area contributed by atoms with Crippen LogP contribution in [0, 0.1) is 0 Å². The molecule has 5 heteroatoms. The topological polar surface area (TPSA) is 44.7 Å². The van der Waals surface area contributed by atoms with Crippen LogP contribution < -0.4 is 10.3 Å². The molecule has 1 amide bonds. The maximum Gasteiger partial charge on any atom is 0.272 e. The highest BCUT2D eigenvalue weighted by atomic mass is 35.5. The standard InChI is InChI=1S/C23H28ClN3O/c1-5-12-27-21-11-10-17(13-19(21)16(2)14-23(27,3)4)15-25-26-22(28)18-8-6-7-9-20(18)24/h6-11,13,15-16H,5,12,14H2,1-4H3,(H,26,28)/b25-15-. The zero-order chi connectivity index (χ0) is 20.3. The van der Waals surface area contributed by atoms with Crippen molar-refractivity contribution in [2.75, 3.05) is 11.4 Å². The molecule has 28 heavy (non-hydrogen) atoms. The number of hydrazone groups is 1. The number of nitrogens with one attached hydrogen (secondary N) is 1. The van der Waals surface area contributed by atoms with Crippen LogP contribution in [0.1, 0.15) is 67.9 Å². The quantitative estimate of drug-likeness (QED) is 0.526. The Bertz CT molecular complexity index is 891. The van der Waals surface area contributed by atoms with E-state index in [1.165, 1.54) is 11.3 Å². The van der Waals surface area contributed by atoms with E-state index in [9.17, 15) is 4.79 Å². The average Bonchev–Trinajstić information content (AvgIpc) is 2.65. The summed E-state index contributed by atoms with van der Waals surface area (Å²) >= 11 is 6.06. The van der Waals surface area contributed by atoms with E-state index in [1.54, 1.807) is 30.5 Å². The predicted octanol–water partition coefficient (Wildman–Crippen LogP) is 5.61. The van der Waals surface area contributed by atoms with Crippen LogP contribution in [0.25, 0.3) is 0 Å². The molecule has 0 radical (unpaired) electrons. The van der Waals surface area contributed by atoms with Gasteiger partial charge in [0.05, 0.1) is 16.8 Å². The monoisotopic (exact) mass is 397 g/mol. The molecule has 0 aliphatic carbocycles. The molecule has 1 N–H and O–H groups in total. The Labute approximate surface area is 172 Å². The van der Waals surface area contributed by atoms with E-state index in [0.29, 0.717) is 16.5 Å². The minimum atomic E-state index is -0.316. The van der Waals surface area contributed by atoms with E-state index >= 15 is 0 Å². The zero-order valence-corrected chi connectivity index (χ0v) is 17.8. The van der Waals surface area contributed by atoms with Crippen molar-refractivity contribution in [2.24, 2.45) is 5.10 Å². The van der Waals surface area contributed by atoms with Gasteiger partial charge in [-0.1, -0.05) is 43.6 Å². The van der Waals surface area contributed by atoms with Gasteiger partial charge in [-0.3, -0.25) is 4.79 Å². The summed E-state index contributed by atoms with van der Waals surface area (Å²) in [6.45, 7) is 10.2. The summed E-state index contributed by atoms with van der Waals surface area (Å²) in [5.74, 6) is 0.160. The number of hydrogen-bond donors (Lipinski definition) is 1. The van der Waals surface area contributed by atoms with Crippen LogP contribution in [-0.2, 0) is 0 Å². The van der Waals surface area contributed by atoms with Gasteiger partial charge in [0.25, 0.3) is 5.91 Å². The van der Waals surface area contributed by atoms with E-state index in [0.717, 1.165) is 24.9 Å². The molecule has 1 atom stereocenters. The van der Waals surface area contributed by atoms with Crippen LogP contribution in [0.4, 0.5) is 5.69 Å². The molecule has 0 aromatic heterocycles. The normalized spacial score (nSPS) is 18.2. The molecule has 0 bridgehead atoms. The lowest BCUT2D eigenvalue weighted by Gasteiger charge is -2.47. The zero-order valence-electron chi connectivity index (χ0n) is 17.0. The molecule has 0 fully saturated rings. The van der Waals surface area contributed by atoms with Crippen molar-refractivity contribution in [2.45, 2.75) is 52.0 Å². The Morgan fingerprint density at radius 3 is 2.79 bits per heavy atom. The number of halogens is 1. The smallest absolute Gasteiger partial charge is 0.272 e. The number of nitrogens with zero attached hydrogens (tertiary/aromatic N) is 2. The van der Waals surface area contributed by atoms with Gasteiger partial charge >= 0.3 is 0 Å². The fraction of sp³-hybridized carbons (Fsp3) is 0.391. The van der Waals surface area contributed by atoms with Crippen molar-refractivity contribution in [3.63, 3.8) is 0 Å². The molecule has 148 valence electrons. The number of benzene rings is 2. The molecule has 1 aliphatic rings. The van der Waals surface area contributed by atoms with Gasteiger partial charge in [-0.2, -0.15) is 5.10 Å². The molecule has 4 nitrogen and oxygen atoms in total. The number of fused-ring (bicyclic) bond motifs is 1. The van der Waals surface area contributed by atoms with Crippen LogP contribution >= 0.6 is 11.6 Å². The number of anilines is 1. The fourth-order valence-corrected chi connectivity index (χ4v) is 4.33. The molecule has 3 rings (SSSR count). The summed E-state index contributed by atoms with van der Waals surface area (Å²) in [4.78, 5) is 14.7. The van der Waals surface area contributed by atoms with E-state index < -0.39 is 0 Å². The summed E-state index contributed by atoms with van der Waals surface area (Å²) in [5, 5.41) is 4.53. The van der Waals surface area contributed by atoms with Gasteiger partial charge < -0.3 is 4.90 Å². The Kier molecular flexibility index (Phi) is 6.09. The van der Waals surface area contributed by atoms with Gasteiger partial charge in [0.2, 0.25) is 0 Å². The van der Waals surface area contributed by atoms with E-state index in [4.69, 9.17) is 11.6 Å². The Hall–Kier alpha value is -2.33. The summed E-state index contributed by atoms with van der Waals surface area (Å²) in [6, 6.07) is 13.4. The third-order valence-electron chi connectivity index (χ3n) is 5.36. The Balaban J connectivity index is 1.78. The third kappa shape index (κ3) is 4.22. The summed E-state index contributed by atoms with van der Waals surface area (Å²) in [6.07, 6.45) is 3.92. The van der Waals surface area contributed by atoms with Crippen molar-refractivity contribution in [1.82, 2.24) is 5.43 Å². The number of rotatable bonds is 5. The Morgan fingerprint density at radius 2 is 2.07 bits per heavy atom. The van der Waals surface area contributed by atoms with Gasteiger partial charge in [0.1, 0.15) is 0 Å². The first-order valence-corrected chi connectivity index (χ1v) is 10.2. The highest BCUT2D eigenvalue weighted by Crippen LogP contribution is 2.43. The molecule has 2 aromatic rings. The van der Waals surface area contributed by atoms with Gasteiger partial charge in [-0.05, 0) is 68.0 Å². The lowest BCUT2D eigenvalue weighted by atomic mass is 9.79. The van der Waals surface area contributed by atoms with Crippen molar-refractivity contribution in [3.05, 3.63) is 64.2 Å². The fourth-order valence-electron chi connectivity index (χ4n) is 4.11. The summed E-state index contributed by atoms with van der Waals surface area (Å²) < 4.78 is 0. The van der Waals surface area contributed by atoms with Gasteiger partial charge in [-0.15, -0.1) is 0 Å². The second-order valence-corrected chi connectivity index (χ2v) is 8.47. The summed E-state index contributed by atoms with van der Waals surface area (Å²) in [7, 11) is 0. The SMILES string of the molecule is CCCN1c2ccc(/C=N\NC(=O)c3ccccc3Cl)cc2C(C)CC1(C)C. The first-order chi connectivity index (χ1) is 13.3. The van der Waals surface area contributed by atoms with Crippen LogP contribution in [0.5, 0.6) is 0 Å². The average molecular weight is 398 g/mol. The van der Waals surface area contributed by atoms with Crippen LogP contribution in [-0.4, -0.2) is 24.2 Å². The van der Waals surface area contributed by atoms with Crippen molar-refractivity contribution in [1.29, 1.82) is 0 Å². The predicted molar refractivity (Wildman–Crippen MR) is 118 cm³/mol. The molecular weight excluding hydrogens is 370 g/mol. The highest BCUT2D eigenvalue weighted by Gasteiger charge is 2.35. The molecule has 0 spiro atoms. The number of carbonyl (C=O) groups excluding carboxylic acids is 1. The minimum Gasteiger partial charge on any atom is -0.366 e. The van der Waals surface area contributed by atoms with E-state index in [-0.39, 0.29) is 11.4 Å². The van der Waals surface area contributed by atoms with Crippen molar-refractivity contribution in [3.8, 4) is 0 Å². The molecule has 1 aliphatic heterocycles. The maximum atomic E-state index is 12.2. The van der Waals surface area contributed by atoms with Crippen molar-refractivity contribution >= 4 is 29.4 Å². The first kappa shape index (κ1) is 20.4. The van der Waals surface area contributed by atoms with Crippen LogP contribution in [0.3, 0.4) is 0 Å². The second kappa shape index (κ2) is 8.36. The number of amides is 1. The van der Waals surface area contributed by atoms with Gasteiger partial charge in [0.15, 0.2) is 0 Å². The van der Waals surface area contributed by atoms with Gasteiger partial charge in [0, 0.05) is 17.8 Å². The molecule has 1 unspecified atom stereocenters. The van der Waals surface area contributed by atoms with Crippen LogP contribution in [0.15, 0.2) is 47.6 Å². The first-order valence-electron chi connectivity index (χ1n) is 9.83. The largest absolute Gasteiger partial charge is 0.366 e. The van der Waals surface area contributed by atoms with E-state index in [1.807, 2.05) is 0 Å². The lowest BCUT2D eigenvalue weighted by Crippen LogP contribution is -2.48. The third-order valence-corrected chi connectivity index (χ3v) is 5.68. The van der Waals surface area contributed by atoms with E-state index in [2.05, 4.69) is 61.3 Å². The lowest BCUT2D eigenvalue weighted by molar-refractivity contribution is 0.0955. The molecular formula is C23H28ClN3O. The molecule has 0 saturated heterocycles. The minimum absolute atomic E-state index is 0.154.